The Labute approximate surface area is 148 Å². The summed E-state index contributed by atoms with van der Waals surface area (Å²) in [6, 6.07) is 7.27. The lowest BCUT2D eigenvalue weighted by molar-refractivity contribution is -0.121. The molecule has 1 aliphatic carbocycles. The molecule has 0 bridgehead atoms. The van der Waals surface area contributed by atoms with E-state index < -0.39 is 6.03 Å². The summed E-state index contributed by atoms with van der Waals surface area (Å²) >= 11 is 0. The van der Waals surface area contributed by atoms with Gasteiger partial charge < -0.3 is 10.6 Å². The predicted octanol–water partition coefficient (Wildman–Crippen LogP) is 1.25. The van der Waals surface area contributed by atoms with Crippen molar-refractivity contribution in [2.75, 3.05) is 20.1 Å². The van der Waals surface area contributed by atoms with Gasteiger partial charge in [0.2, 0.25) is 5.91 Å². The molecule has 0 radical (unpaired) electrons. The smallest absolute Gasteiger partial charge is 0.321 e. The summed E-state index contributed by atoms with van der Waals surface area (Å²) in [5, 5.41) is 7.58. The van der Waals surface area contributed by atoms with Crippen molar-refractivity contribution in [2.45, 2.75) is 38.8 Å². The summed E-state index contributed by atoms with van der Waals surface area (Å²) in [5.41, 5.74) is 1.64. The van der Waals surface area contributed by atoms with Crippen molar-refractivity contribution in [1.82, 2.24) is 20.9 Å². The number of carbonyl (C=O) groups is 3. The van der Waals surface area contributed by atoms with Crippen molar-refractivity contribution < 1.29 is 14.4 Å². The van der Waals surface area contributed by atoms with Crippen molar-refractivity contribution in [3.63, 3.8) is 0 Å². The van der Waals surface area contributed by atoms with Crippen molar-refractivity contribution >= 4 is 17.8 Å². The summed E-state index contributed by atoms with van der Waals surface area (Å²) in [6.07, 6.45) is 2.94. The van der Waals surface area contributed by atoms with E-state index in [2.05, 4.69) is 20.9 Å². The Morgan fingerprint density at radius 3 is 2.40 bits per heavy atom. The molecule has 7 heteroatoms. The highest BCUT2D eigenvalue weighted by Crippen LogP contribution is 2.28. The number of urea groups is 1. The summed E-state index contributed by atoms with van der Waals surface area (Å²) in [4.78, 5) is 37.3. The Balaban J connectivity index is 1.89. The number of carbonyl (C=O) groups excluding carboxylic acids is 3. The largest absolute Gasteiger partial charge is 0.355 e. The van der Waals surface area contributed by atoms with E-state index in [9.17, 15) is 14.4 Å². The van der Waals surface area contributed by atoms with E-state index in [-0.39, 0.29) is 18.4 Å². The van der Waals surface area contributed by atoms with Crippen molar-refractivity contribution in [3.8, 4) is 0 Å². The summed E-state index contributed by atoms with van der Waals surface area (Å²) < 4.78 is 0. The van der Waals surface area contributed by atoms with Crippen LogP contribution in [0.5, 0.6) is 0 Å². The van der Waals surface area contributed by atoms with Crippen LogP contribution in [0.3, 0.4) is 0 Å². The molecule has 1 aliphatic rings. The second kappa shape index (κ2) is 9.17. The fourth-order valence-corrected chi connectivity index (χ4v) is 2.53. The number of imide groups is 1. The van der Waals surface area contributed by atoms with Gasteiger partial charge in [-0.25, -0.2) is 4.79 Å². The van der Waals surface area contributed by atoms with E-state index in [4.69, 9.17) is 0 Å². The first-order chi connectivity index (χ1) is 12.0. The molecule has 0 atom stereocenters. The molecule has 1 saturated carbocycles. The Bertz CT molecular complexity index is 611. The van der Waals surface area contributed by atoms with Gasteiger partial charge in [0.15, 0.2) is 0 Å². The van der Waals surface area contributed by atoms with Crippen LogP contribution in [0.1, 0.15) is 42.1 Å². The summed E-state index contributed by atoms with van der Waals surface area (Å²) in [6.45, 7) is 3.29. The van der Waals surface area contributed by atoms with Crippen LogP contribution < -0.4 is 16.0 Å². The zero-order chi connectivity index (χ0) is 18.2. The third kappa shape index (κ3) is 6.19. The topological polar surface area (TPSA) is 90.5 Å². The number of nitrogens with zero attached hydrogens (tertiary/aromatic N) is 1. The molecule has 3 N–H and O–H groups in total. The molecule has 1 fully saturated rings. The fraction of sp³-hybridized carbons (Fsp3) is 0.500. The third-order valence-electron chi connectivity index (χ3n) is 4.03. The standard InChI is InChI=1S/C18H26N4O3/c1-3-10-20-18(25)21-16(23)12-22(15-8-9-15)11-13-4-6-14(7-5-13)17(24)19-2/h4-7,15H,3,8-12H2,1-2H3,(H,19,24)(H2,20,21,23,25). The maximum atomic E-state index is 12.1. The molecule has 1 aromatic carbocycles. The van der Waals surface area contributed by atoms with E-state index in [0.717, 1.165) is 24.8 Å². The van der Waals surface area contributed by atoms with Gasteiger partial charge in [0.25, 0.3) is 5.91 Å². The Morgan fingerprint density at radius 2 is 1.84 bits per heavy atom. The lowest BCUT2D eigenvalue weighted by Gasteiger charge is -2.21. The van der Waals surface area contributed by atoms with Gasteiger partial charge in [0.05, 0.1) is 6.54 Å². The fourth-order valence-electron chi connectivity index (χ4n) is 2.53. The number of nitrogens with one attached hydrogen (secondary N) is 3. The van der Waals surface area contributed by atoms with Gasteiger partial charge in [-0.2, -0.15) is 0 Å². The lowest BCUT2D eigenvalue weighted by Crippen LogP contribution is -2.45. The van der Waals surface area contributed by atoms with Crippen LogP contribution in [-0.4, -0.2) is 48.9 Å². The van der Waals surface area contributed by atoms with Crippen LogP contribution in [-0.2, 0) is 11.3 Å². The zero-order valence-electron chi connectivity index (χ0n) is 14.8. The lowest BCUT2D eigenvalue weighted by atomic mass is 10.1. The third-order valence-corrected chi connectivity index (χ3v) is 4.03. The average Bonchev–Trinajstić information content (AvgIpc) is 3.44. The zero-order valence-corrected chi connectivity index (χ0v) is 14.8. The van der Waals surface area contributed by atoms with E-state index >= 15 is 0 Å². The highest BCUT2D eigenvalue weighted by atomic mass is 16.2. The first-order valence-electron chi connectivity index (χ1n) is 8.66. The number of amides is 4. The van der Waals surface area contributed by atoms with Crippen LogP contribution in [0.15, 0.2) is 24.3 Å². The van der Waals surface area contributed by atoms with Gasteiger partial charge in [0, 0.05) is 31.7 Å². The number of hydrogen-bond acceptors (Lipinski definition) is 4. The predicted molar refractivity (Wildman–Crippen MR) is 95.1 cm³/mol. The summed E-state index contributed by atoms with van der Waals surface area (Å²) in [7, 11) is 1.60. The minimum absolute atomic E-state index is 0.122. The monoisotopic (exact) mass is 346 g/mol. The van der Waals surface area contributed by atoms with Crippen LogP contribution >= 0.6 is 0 Å². The van der Waals surface area contributed by atoms with Crippen LogP contribution in [0.4, 0.5) is 4.79 Å². The molecule has 2 rings (SSSR count). The molecule has 25 heavy (non-hydrogen) atoms. The minimum Gasteiger partial charge on any atom is -0.355 e. The van der Waals surface area contributed by atoms with E-state index in [1.165, 1.54) is 0 Å². The Morgan fingerprint density at radius 1 is 1.16 bits per heavy atom. The second-order valence-electron chi connectivity index (χ2n) is 6.22. The Hall–Kier alpha value is -2.41. The quantitative estimate of drug-likeness (QED) is 0.661. The Kier molecular flexibility index (Phi) is 6.94. The molecule has 1 aromatic rings. The van der Waals surface area contributed by atoms with Gasteiger partial charge >= 0.3 is 6.03 Å². The maximum Gasteiger partial charge on any atom is 0.321 e. The maximum absolute atomic E-state index is 12.1. The normalized spacial score (nSPS) is 13.4. The van der Waals surface area contributed by atoms with Crippen LogP contribution in [0, 0.1) is 0 Å². The molecular formula is C18H26N4O3. The molecule has 0 spiro atoms. The van der Waals surface area contributed by atoms with Crippen molar-refractivity contribution in [1.29, 1.82) is 0 Å². The summed E-state index contributed by atoms with van der Waals surface area (Å²) in [5.74, 6) is -0.425. The molecule has 0 saturated heterocycles. The SMILES string of the molecule is CCCNC(=O)NC(=O)CN(Cc1ccc(C(=O)NC)cc1)C1CC1. The van der Waals surface area contributed by atoms with E-state index in [1.807, 2.05) is 19.1 Å². The highest BCUT2D eigenvalue weighted by molar-refractivity contribution is 5.95. The van der Waals surface area contributed by atoms with Gasteiger partial charge in [-0.1, -0.05) is 19.1 Å². The molecule has 136 valence electrons. The average molecular weight is 346 g/mol. The number of rotatable bonds is 8. The first kappa shape index (κ1) is 18.9. The van der Waals surface area contributed by atoms with Crippen molar-refractivity contribution in [3.05, 3.63) is 35.4 Å². The minimum atomic E-state index is -0.447. The second-order valence-corrected chi connectivity index (χ2v) is 6.22. The van der Waals surface area contributed by atoms with Crippen LogP contribution in [0.2, 0.25) is 0 Å². The number of benzene rings is 1. The molecule has 0 unspecified atom stereocenters. The van der Waals surface area contributed by atoms with Gasteiger partial charge in [-0.15, -0.1) is 0 Å². The van der Waals surface area contributed by atoms with Crippen molar-refractivity contribution in [2.24, 2.45) is 0 Å². The van der Waals surface area contributed by atoms with E-state index in [1.54, 1.807) is 19.2 Å². The highest BCUT2D eigenvalue weighted by Gasteiger charge is 2.30. The molecule has 0 aromatic heterocycles. The molecule has 0 heterocycles. The van der Waals surface area contributed by atoms with Gasteiger partial charge in [-0.05, 0) is 37.0 Å². The molecule has 0 aliphatic heterocycles. The van der Waals surface area contributed by atoms with Gasteiger partial charge in [-0.3, -0.25) is 19.8 Å². The molecule has 4 amide bonds. The molecule has 7 nitrogen and oxygen atoms in total. The van der Waals surface area contributed by atoms with E-state index in [0.29, 0.717) is 24.7 Å². The first-order valence-corrected chi connectivity index (χ1v) is 8.66. The van der Waals surface area contributed by atoms with Gasteiger partial charge in [0.1, 0.15) is 0 Å². The van der Waals surface area contributed by atoms with Crippen LogP contribution in [0.25, 0.3) is 0 Å². The molecular weight excluding hydrogens is 320 g/mol. The number of hydrogen-bond donors (Lipinski definition) is 3.